The summed E-state index contributed by atoms with van der Waals surface area (Å²) in [5, 5.41) is 5.08. The average molecular weight is 331 g/mol. The van der Waals surface area contributed by atoms with Gasteiger partial charge in [0, 0.05) is 6.42 Å². The first-order valence-corrected chi connectivity index (χ1v) is 8.17. The lowest BCUT2D eigenvalue weighted by Crippen LogP contribution is -2.04. The van der Waals surface area contributed by atoms with Gasteiger partial charge < -0.3 is 4.74 Å². The number of halogens is 1. The summed E-state index contributed by atoms with van der Waals surface area (Å²) in [4.78, 5) is 9.04. The van der Waals surface area contributed by atoms with Gasteiger partial charge in [-0.3, -0.25) is 0 Å². The minimum absolute atomic E-state index is 0.411. The van der Waals surface area contributed by atoms with Gasteiger partial charge in [0.15, 0.2) is 11.0 Å². The summed E-state index contributed by atoms with van der Waals surface area (Å²) < 4.78 is 7.49. The van der Waals surface area contributed by atoms with Crippen LogP contribution >= 0.6 is 11.6 Å². The van der Waals surface area contributed by atoms with Crippen molar-refractivity contribution in [2.24, 2.45) is 0 Å². The van der Waals surface area contributed by atoms with Crippen molar-refractivity contribution in [2.75, 3.05) is 6.61 Å². The molecular formula is C17H19ClN4O. The molecule has 6 heteroatoms. The molecule has 0 saturated carbocycles. The minimum Gasteiger partial charge on any atom is -0.493 e. The Labute approximate surface area is 140 Å². The molecule has 0 spiro atoms. The van der Waals surface area contributed by atoms with E-state index in [-0.39, 0.29) is 0 Å². The molecule has 0 fully saturated rings. The van der Waals surface area contributed by atoms with Gasteiger partial charge in [-0.25, -0.2) is 14.5 Å². The Morgan fingerprint density at radius 1 is 1.17 bits per heavy atom. The summed E-state index contributed by atoms with van der Waals surface area (Å²) in [5.41, 5.74) is 2.45. The first-order valence-electron chi connectivity index (χ1n) is 7.79. The Morgan fingerprint density at radius 2 is 1.96 bits per heavy atom. The number of benzene rings is 1. The molecule has 0 aliphatic heterocycles. The maximum atomic E-state index is 6.41. The third-order valence-corrected chi connectivity index (χ3v) is 3.85. The van der Waals surface area contributed by atoms with Crippen molar-refractivity contribution in [3.8, 4) is 17.1 Å². The molecule has 3 aromatic rings. The fourth-order valence-corrected chi connectivity index (χ4v) is 2.91. The van der Waals surface area contributed by atoms with Gasteiger partial charge >= 0.3 is 0 Å². The van der Waals surface area contributed by atoms with Crippen LogP contribution in [0.2, 0.25) is 5.15 Å². The van der Waals surface area contributed by atoms with Crippen LogP contribution in [0.5, 0.6) is 5.75 Å². The Morgan fingerprint density at radius 3 is 2.70 bits per heavy atom. The van der Waals surface area contributed by atoms with E-state index in [0.717, 1.165) is 41.2 Å². The van der Waals surface area contributed by atoms with Gasteiger partial charge in [-0.1, -0.05) is 30.7 Å². The van der Waals surface area contributed by atoms with E-state index in [1.807, 2.05) is 42.6 Å². The van der Waals surface area contributed by atoms with Crippen molar-refractivity contribution >= 4 is 17.1 Å². The maximum Gasteiger partial charge on any atom is 0.185 e. The highest BCUT2D eigenvalue weighted by Gasteiger charge is 2.17. The monoisotopic (exact) mass is 330 g/mol. The van der Waals surface area contributed by atoms with Crippen molar-refractivity contribution in [3.63, 3.8) is 0 Å². The number of hydrogen-bond donors (Lipinski definition) is 0. The van der Waals surface area contributed by atoms with Gasteiger partial charge in [0.05, 0.1) is 17.9 Å². The van der Waals surface area contributed by atoms with E-state index in [4.69, 9.17) is 16.3 Å². The van der Waals surface area contributed by atoms with Gasteiger partial charge in [0.25, 0.3) is 0 Å². The topological polar surface area (TPSA) is 52.3 Å². The zero-order chi connectivity index (χ0) is 16.4. The molecule has 0 N–H and O–H groups in total. The van der Waals surface area contributed by atoms with E-state index >= 15 is 0 Å². The van der Waals surface area contributed by atoms with Gasteiger partial charge in [0.1, 0.15) is 17.1 Å². The molecule has 23 heavy (non-hydrogen) atoms. The molecular weight excluding hydrogens is 312 g/mol. The van der Waals surface area contributed by atoms with Crippen LogP contribution in [0.15, 0.2) is 24.3 Å². The average Bonchev–Trinajstić information content (AvgIpc) is 2.85. The minimum atomic E-state index is 0.411. The molecule has 3 rings (SSSR count). The molecule has 120 valence electrons. The number of aromatic nitrogens is 4. The predicted octanol–water partition coefficient (Wildman–Crippen LogP) is 4.10. The van der Waals surface area contributed by atoms with Crippen LogP contribution in [0.4, 0.5) is 0 Å². The molecule has 0 aliphatic rings. The summed E-state index contributed by atoms with van der Waals surface area (Å²) in [7, 11) is 0. The highest BCUT2D eigenvalue weighted by atomic mass is 35.5. The standard InChI is InChI=1S/C17H19ClN4O/c1-4-8-14-19-11(3)15-16(18)20-17(21-22(14)15)12-9-6-7-10-13(12)23-5-2/h6-7,9-10H,4-5,8H2,1-3H3. The SMILES string of the molecule is CCCc1nc(C)c2c(Cl)nc(-c3ccccc3OCC)nn12. The van der Waals surface area contributed by atoms with Gasteiger partial charge in [-0.15, -0.1) is 5.10 Å². The zero-order valence-corrected chi connectivity index (χ0v) is 14.3. The van der Waals surface area contributed by atoms with Crippen LogP contribution in [-0.4, -0.2) is 26.2 Å². The lowest BCUT2D eigenvalue weighted by Gasteiger charge is -2.10. The molecule has 0 amide bonds. The number of hydrogen-bond acceptors (Lipinski definition) is 4. The highest BCUT2D eigenvalue weighted by molar-refractivity contribution is 6.32. The van der Waals surface area contributed by atoms with Crippen molar-refractivity contribution in [1.29, 1.82) is 0 Å². The largest absolute Gasteiger partial charge is 0.493 e. The molecule has 0 saturated heterocycles. The predicted molar refractivity (Wildman–Crippen MR) is 91.1 cm³/mol. The molecule has 2 aromatic heterocycles. The second kappa shape index (κ2) is 6.54. The van der Waals surface area contributed by atoms with Gasteiger partial charge in [-0.05, 0) is 32.4 Å². The molecule has 2 heterocycles. The zero-order valence-electron chi connectivity index (χ0n) is 13.5. The fourth-order valence-electron chi connectivity index (χ4n) is 2.62. The summed E-state index contributed by atoms with van der Waals surface area (Å²) in [6, 6.07) is 7.71. The number of imidazole rings is 1. The number of ether oxygens (including phenoxy) is 1. The van der Waals surface area contributed by atoms with E-state index in [9.17, 15) is 0 Å². The molecule has 0 atom stereocenters. The second-order valence-electron chi connectivity index (χ2n) is 5.28. The first kappa shape index (κ1) is 15.7. The third-order valence-electron chi connectivity index (χ3n) is 3.59. The van der Waals surface area contributed by atoms with Crippen LogP contribution in [0.1, 0.15) is 31.8 Å². The quantitative estimate of drug-likeness (QED) is 0.706. The number of para-hydroxylation sites is 1. The number of fused-ring (bicyclic) bond motifs is 1. The molecule has 0 bridgehead atoms. The van der Waals surface area contributed by atoms with Crippen molar-refractivity contribution in [3.05, 3.63) is 40.9 Å². The van der Waals surface area contributed by atoms with Gasteiger partial charge in [-0.2, -0.15) is 0 Å². The summed E-state index contributed by atoms with van der Waals surface area (Å²) in [6.07, 6.45) is 1.83. The molecule has 1 aromatic carbocycles. The third kappa shape index (κ3) is 2.88. The maximum absolute atomic E-state index is 6.41. The number of aryl methyl sites for hydroxylation is 2. The Balaban J connectivity index is 2.21. The Hall–Kier alpha value is -2.14. The lowest BCUT2D eigenvalue weighted by atomic mass is 10.2. The lowest BCUT2D eigenvalue weighted by molar-refractivity contribution is 0.341. The summed E-state index contributed by atoms with van der Waals surface area (Å²) in [6.45, 7) is 6.58. The van der Waals surface area contributed by atoms with Crippen LogP contribution in [0.3, 0.4) is 0 Å². The van der Waals surface area contributed by atoms with E-state index in [1.54, 1.807) is 0 Å². The number of nitrogens with zero attached hydrogens (tertiary/aromatic N) is 4. The molecule has 0 aliphatic carbocycles. The van der Waals surface area contributed by atoms with E-state index < -0.39 is 0 Å². The Bertz CT molecular complexity index is 844. The fraction of sp³-hybridized carbons (Fsp3) is 0.353. The van der Waals surface area contributed by atoms with Crippen molar-refractivity contribution < 1.29 is 4.74 Å². The highest BCUT2D eigenvalue weighted by Crippen LogP contribution is 2.29. The normalized spacial score (nSPS) is 11.1. The Kier molecular flexibility index (Phi) is 4.48. The molecule has 0 radical (unpaired) electrons. The molecule has 0 unspecified atom stereocenters. The van der Waals surface area contributed by atoms with E-state index in [2.05, 4.69) is 22.0 Å². The number of rotatable bonds is 5. The smallest absolute Gasteiger partial charge is 0.185 e. The summed E-state index contributed by atoms with van der Waals surface area (Å²) >= 11 is 6.41. The second-order valence-corrected chi connectivity index (χ2v) is 5.64. The van der Waals surface area contributed by atoms with E-state index in [0.29, 0.717) is 17.6 Å². The van der Waals surface area contributed by atoms with Crippen molar-refractivity contribution in [2.45, 2.75) is 33.6 Å². The molecule has 5 nitrogen and oxygen atoms in total. The summed E-state index contributed by atoms with van der Waals surface area (Å²) in [5.74, 6) is 2.19. The van der Waals surface area contributed by atoms with Gasteiger partial charge in [0.2, 0.25) is 0 Å². The van der Waals surface area contributed by atoms with Crippen LogP contribution in [-0.2, 0) is 6.42 Å². The van der Waals surface area contributed by atoms with Crippen LogP contribution in [0, 0.1) is 6.92 Å². The van der Waals surface area contributed by atoms with Crippen LogP contribution in [0.25, 0.3) is 16.9 Å². The van der Waals surface area contributed by atoms with Crippen LogP contribution < -0.4 is 4.74 Å². The van der Waals surface area contributed by atoms with E-state index in [1.165, 1.54) is 0 Å². The first-order chi connectivity index (χ1) is 11.2. The van der Waals surface area contributed by atoms with Crippen molar-refractivity contribution in [1.82, 2.24) is 19.6 Å².